The highest BCUT2D eigenvalue weighted by Crippen LogP contribution is 2.01. The highest BCUT2D eigenvalue weighted by atomic mass is 19.1. The van der Waals surface area contributed by atoms with Crippen LogP contribution in [0.15, 0.2) is 0 Å². The minimum Gasteiger partial charge on any atom is -0.301 e. The summed E-state index contributed by atoms with van der Waals surface area (Å²) in [5.74, 6) is 0. The number of hydrogen-bond donors (Lipinski definition) is 0. The first-order valence-electron chi connectivity index (χ1n) is 3.92. The molecule has 0 aliphatic rings. The van der Waals surface area contributed by atoms with E-state index in [-0.39, 0.29) is 0 Å². The van der Waals surface area contributed by atoms with Gasteiger partial charge in [-0.25, -0.2) is 4.39 Å². The van der Waals surface area contributed by atoms with Crippen LogP contribution < -0.4 is 0 Å². The molecule has 0 N–H and O–H groups in total. The van der Waals surface area contributed by atoms with E-state index in [4.69, 9.17) is 0 Å². The number of hydrogen-bond acceptors (Lipinski definition) is 1. The summed E-state index contributed by atoms with van der Waals surface area (Å²) < 4.78 is 12.7. The molecule has 62 valence electrons. The molecule has 0 spiro atoms. The van der Waals surface area contributed by atoms with Crippen molar-refractivity contribution >= 4 is 0 Å². The van der Waals surface area contributed by atoms with Crippen molar-refractivity contribution in [2.24, 2.45) is 0 Å². The van der Waals surface area contributed by atoms with Gasteiger partial charge < -0.3 is 4.90 Å². The zero-order valence-electron chi connectivity index (χ0n) is 7.39. The molecule has 0 heterocycles. The maximum absolute atomic E-state index is 12.7. The highest BCUT2D eigenvalue weighted by Gasteiger charge is 2.09. The molecule has 0 aromatic rings. The largest absolute Gasteiger partial charge is 0.301 e. The molecule has 0 saturated carbocycles. The Morgan fingerprint density at radius 2 is 1.90 bits per heavy atom. The molecular weight excluding hydrogens is 129 g/mol. The summed E-state index contributed by atoms with van der Waals surface area (Å²) in [4.78, 5) is 2.02. The van der Waals surface area contributed by atoms with E-state index in [0.717, 1.165) is 0 Å². The Morgan fingerprint density at radius 1 is 1.40 bits per heavy atom. The van der Waals surface area contributed by atoms with Crippen molar-refractivity contribution in [1.82, 2.24) is 4.90 Å². The first kappa shape index (κ1) is 9.89. The van der Waals surface area contributed by atoms with E-state index in [1.165, 1.54) is 0 Å². The SMILES string of the molecule is CCC(F)CN(C)C(C)C. The monoisotopic (exact) mass is 147 g/mol. The van der Waals surface area contributed by atoms with E-state index in [9.17, 15) is 4.39 Å². The van der Waals surface area contributed by atoms with Gasteiger partial charge in [0.05, 0.1) is 0 Å². The van der Waals surface area contributed by atoms with Crippen molar-refractivity contribution < 1.29 is 4.39 Å². The zero-order chi connectivity index (χ0) is 8.15. The minimum absolute atomic E-state index is 0.449. The van der Waals surface area contributed by atoms with E-state index in [2.05, 4.69) is 13.8 Å². The fraction of sp³-hybridized carbons (Fsp3) is 1.00. The second-order valence-corrected chi connectivity index (χ2v) is 3.04. The molecule has 1 atom stereocenters. The van der Waals surface area contributed by atoms with Gasteiger partial charge in [0.1, 0.15) is 6.17 Å². The van der Waals surface area contributed by atoms with Gasteiger partial charge >= 0.3 is 0 Å². The number of alkyl halides is 1. The third-order valence-corrected chi connectivity index (χ3v) is 1.81. The smallest absolute Gasteiger partial charge is 0.112 e. The summed E-state index contributed by atoms with van der Waals surface area (Å²) >= 11 is 0. The Labute approximate surface area is 63.2 Å². The number of halogens is 1. The molecule has 0 radical (unpaired) electrons. The molecule has 2 heteroatoms. The summed E-state index contributed by atoms with van der Waals surface area (Å²) in [5, 5.41) is 0. The molecule has 0 amide bonds. The van der Waals surface area contributed by atoms with Crippen LogP contribution in [0, 0.1) is 0 Å². The van der Waals surface area contributed by atoms with E-state index in [0.29, 0.717) is 19.0 Å². The first-order chi connectivity index (χ1) is 4.57. The molecule has 0 aliphatic carbocycles. The van der Waals surface area contributed by atoms with Crippen molar-refractivity contribution in [2.45, 2.75) is 39.4 Å². The maximum atomic E-state index is 12.7. The van der Waals surface area contributed by atoms with Gasteiger partial charge in [-0.3, -0.25) is 0 Å². The van der Waals surface area contributed by atoms with Gasteiger partial charge in [-0.1, -0.05) is 6.92 Å². The van der Waals surface area contributed by atoms with Crippen LogP contribution in [-0.2, 0) is 0 Å². The molecule has 0 aliphatic heterocycles. The zero-order valence-corrected chi connectivity index (χ0v) is 7.39. The lowest BCUT2D eigenvalue weighted by Crippen LogP contribution is -2.32. The molecule has 0 saturated heterocycles. The van der Waals surface area contributed by atoms with Crippen LogP contribution in [0.5, 0.6) is 0 Å². The van der Waals surface area contributed by atoms with Crippen molar-refractivity contribution in [3.8, 4) is 0 Å². The van der Waals surface area contributed by atoms with Gasteiger partial charge in [0.25, 0.3) is 0 Å². The summed E-state index contributed by atoms with van der Waals surface area (Å²) in [5.41, 5.74) is 0. The van der Waals surface area contributed by atoms with E-state index < -0.39 is 6.17 Å². The Kier molecular flexibility index (Phi) is 4.62. The second-order valence-electron chi connectivity index (χ2n) is 3.04. The van der Waals surface area contributed by atoms with Crippen LogP contribution in [0.2, 0.25) is 0 Å². The van der Waals surface area contributed by atoms with Crippen molar-refractivity contribution in [3.63, 3.8) is 0 Å². The van der Waals surface area contributed by atoms with Gasteiger partial charge in [0.15, 0.2) is 0 Å². The summed E-state index contributed by atoms with van der Waals surface area (Å²) in [6.45, 7) is 6.58. The quantitative estimate of drug-likeness (QED) is 0.588. The lowest BCUT2D eigenvalue weighted by molar-refractivity contribution is 0.187. The Bertz CT molecular complexity index is 83.3. The average molecular weight is 147 g/mol. The van der Waals surface area contributed by atoms with Crippen LogP contribution in [-0.4, -0.2) is 30.7 Å². The van der Waals surface area contributed by atoms with Crippen molar-refractivity contribution in [1.29, 1.82) is 0 Å². The third-order valence-electron chi connectivity index (χ3n) is 1.81. The van der Waals surface area contributed by atoms with E-state index >= 15 is 0 Å². The second kappa shape index (κ2) is 4.67. The molecule has 0 rings (SSSR count). The Hall–Kier alpha value is -0.110. The van der Waals surface area contributed by atoms with E-state index in [1.807, 2.05) is 18.9 Å². The molecule has 0 aromatic carbocycles. The molecular formula is C8H18FN. The van der Waals surface area contributed by atoms with Crippen LogP contribution in [0.25, 0.3) is 0 Å². The Morgan fingerprint density at radius 3 is 2.20 bits per heavy atom. The highest BCUT2D eigenvalue weighted by molar-refractivity contribution is 4.62. The van der Waals surface area contributed by atoms with Gasteiger partial charge in [-0.2, -0.15) is 0 Å². The van der Waals surface area contributed by atoms with Crippen LogP contribution >= 0.6 is 0 Å². The van der Waals surface area contributed by atoms with E-state index in [1.54, 1.807) is 0 Å². The fourth-order valence-electron chi connectivity index (χ4n) is 0.652. The summed E-state index contributed by atoms with van der Waals surface area (Å²) in [6.07, 6.45) is -0.0377. The maximum Gasteiger partial charge on any atom is 0.112 e. The minimum atomic E-state index is -0.660. The van der Waals surface area contributed by atoms with Crippen LogP contribution in [0.4, 0.5) is 4.39 Å². The van der Waals surface area contributed by atoms with Gasteiger partial charge in [-0.05, 0) is 27.3 Å². The molecule has 10 heavy (non-hydrogen) atoms. The number of rotatable bonds is 4. The number of nitrogens with zero attached hydrogens (tertiary/aromatic N) is 1. The predicted molar refractivity (Wildman–Crippen MR) is 43.0 cm³/mol. The van der Waals surface area contributed by atoms with Crippen LogP contribution in [0.3, 0.4) is 0 Å². The normalized spacial score (nSPS) is 14.7. The van der Waals surface area contributed by atoms with Gasteiger partial charge in [-0.15, -0.1) is 0 Å². The summed E-state index contributed by atoms with van der Waals surface area (Å²) in [6, 6.07) is 0.449. The van der Waals surface area contributed by atoms with Gasteiger partial charge in [0, 0.05) is 12.6 Å². The standard InChI is InChI=1S/C8H18FN/c1-5-8(9)6-10(4)7(2)3/h7-8H,5-6H2,1-4H3. The topological polar surface area (TPSA) is 3.24 Å². The predicted octanol–water partition coefficient (Wildman–Crippen LogP) is 2.07. The molecule has 0 bridgehead atoms. The van der Waals surface area contributed by atoms with Crippen molar-refractivity contribution in [3.05, 3.63) is 0 Å². The fourth-order valence-corrected chi connectivity index (χ4v) is 0.652. The molecule has 1 unspecified atom stereocenters. The van der Waals surface area contributed by atoms with Crippen molar-refractivity contribution in [2.75, 3.05) is 13.6 Å². The molecule has 1 nitrogen and oxygen atoms in total. The Balaban J connectivity index is 3.46. The third kappa shape index (κ3) is 3.83. The van der Waals surface area contributed by atoms with Gasteiger partial charge in [0.2, 0.25) is 0 Å². The molecule has 0 aromatic heterocycles. The lowest BCUT2D eigenvalue weighted by Gasteiger charge is -2.22. The molecule has 0 fully saturated rings. The lowest BCUT2D eigenvalue weighted by atomic mass is 10.2. The van der Waals surface area contributed by atoms with Crippen LogP contribution in [0.1, 0.15) is 27.2 Å². The average Bonchev–Trinajstić information content (AvgIpc) is 1.87. The first-order valence-corrected chi connectivity index (χ1v) is 3.92. The summed E-state index contributed by atoms with van der Waals surface area (Å²) in [7, 11) is 1.95.